The maximum Gasteiger partial charge on any atom is 0.0733 e. The number of nitrogens with zero attached hydrogens (tertiary/aromatic N) is 1. The van der Waals surface area contributed by atoms with Crippen molar-refractivity contribution in [3.63, 3.8) is 0 Å². The Hall–Kier alpha value is -1.05. The molecular weight excluding hydrogens is 172 g/mol. The molecule has 0 spiro atoms. The summed E-state index contributed by atoms with van der Waals surface area (Å²) in [5.41, 5.74) is 2.97. The highest BCUT2D eigenvalue weighted by Crippen LogP contribution is 2.33. The fourth-order valence-electron chi connectivity index (χ4n) is 2.07. The quantitative estimate of drug-likeness (QED) is 0.622. The third-order valence-electron chi connectivity index (χ3n) is 2.91. The van der Waals surface area contributed by atoms with E-state index < -0.39 is 0 Å². The van der Waals surface area contributed by atoms with Crippen molar-refractivity contribution in [3.05, 3.63) is 23.4 Å². The summed E-state index contributed by atoms with van der Waals surface area (Å²) in [7, 11) is 0. The molecule has 2 rings (SSSR count). The van der Waals surface area contributed by atoms with Gasteiger partial charge in [-0.05, 0) is 35.8 Å². The molecule has 0 saturated carbocycles. The highest BCUT2D eigenvalue weighted by Gasteiger charge is 2.31. The lowest BCUT2D eigenvalue weighted by molar-refractivity contribution is 0.497. The summed E-state index contributed by atoms with van der Waals surface area (Å²) >= 11 is 0. The van der Waals surface area contributed by atoms with Crippen LogP contribution in [-0.2, 0) is 0 Å². The van der Waals surface area contributed by atoms with Crippen LogP contribution in [0, 0.1) is 5.41 Å². The van der Waals surface area contributed by atoms with E-state index >= 15 is 0 Å². The third-order valence-corrected chi connectivity index (χ3v) is 2.91. The van der Waals surface area contributed by atoms with Gasteiger partial charge in [-0.25, -0.2) is 0 Å². The fourth-order valence-corrected chi connectivity index (χ4v) is 2.07. The molecule has 2 atom stereocenters. The zero-order valence-electron chi connectivity index (χ0n) is 9.33. The van der Waals surface area contributed by atoms with Crippen LogP contribution in [0.5, 0.6) is 0 Å². The molecule has 2 aliphatic heterocycles. The molecule has 76 valence electrons. The molecule has 2 unspecified atom stereocenters. The Morgan fingerprint density at radius 2 is 2.07 bits per heavy atom. The number of nitrogens with one attached hydrogen (secondary N) is 1. The van der Waals surface area contributed by atoms with Crippen molar-refractivity contribution in [2.45, 2.75) is 39.8 Å². The fraction of sp³-hybridized carbons (Fsp3) is 0.583. The van der Waals surface area contributed by atoms with Crippen molar-refractivity contribution in [2.75, 3.05) is 0 Å². The Kier molecular flexibility index (Phi) is 2.02. The van der Waals surface area contributed by atoms with E-state index in [9.17, 15) is 0 Å². The van der Waals surface area contributed by atoms with Crippen molar-refractivity contribution >= 4 is 6.21 Å². The first-order valence-electron chi connectivity index (χ1n) is 5.20. The van der Waals surface area contributed by atoms with E-state index in [1.807, 2.05) is 12.4 Å². The molecule has 2 heteroatoms. The summed E-state index contributed by atoms with van der Waals surface area (Å²) in [5, 5.41) is 3.36. The molecule has 0 aromatic carbocycles. The van der Waals surface area contributed by atoms with Gasteiger partial charge < -0.3 is 5.32 Å². The molecule has 0 radical (unpaired) electrons. The van der Waals surface area contributed by atoms with Crippen LogP contribution in [0.2, 0.25) is 0 Å². The van der Waals surface area contributed by atoms with Crippen LogP contribution in [0.4, 0.5) is 0 Å². The number of rotatable bonds is 0. The van der Waals surface area contributed by atoms with E-state index in [-0.39, 0.29) is 5.41 Å². The second-order valence-electron chi connectivity index (χ2n) is 5.12. The first-order chi connectivity index (χ1) is 6.50. The van der Waals surface area contributed by atoms with E-state index in [0.717, 1.165) is 0 Å². The van der Waals surface area contributed by atoms with Gasteiger partial charge in [0.1, 0.15) is 0 Å². The molecule has 0 bridgehead atoms. The SMILES string of the molecule is CC1N=CC(C(C)(C)C)=C2C=CNC21. The number of aliphatic imine (C=N–C) groups is 1. The molecule has 14 heavy (non-hydrogen) atoms. The van der Waals surface area contributed by atoms with Crippen LogP contribution >= 0.6 is 0 Å². The maximum absolute atomic E-state index is 4.54. The topological polar surface area (TPSA) is 24.4 Å². The molecular formula is C12H18N2. The Balaban J connectivity index is 2.45. The number of fused-ring (bicyclic) bond motifs is 1. The minimum atomic E-state index is 0.188. The van der Waals surface area contributed by atoms with Crippen LogP contribution in [0.25, 0.3) is 0 Å². The predicted molar refractivity (Wildman–Crippen MR) is 60.5 cm³/mol. The Morgan fingerprint density at radius 3 is 2.71 bits per heavy atom. The van der Waals surface area contributed by atoms with Gasteiger partial charge in [0.2, 0.25) is 0 Å². The first-order valence-corrected chi connectivity index (χ1v) is 5.20. The van der Waals surface area contributed by atoms with Crippen LogP contribution in [0.1, 0.15) is 27.7 Å². The van der Waals surface area contributed by atoms with Gasteiger partial charge in [0.05, 0.1) is 12.1 Å². The van der Waals surface area contributed by atoms with E-state index in [1.165, 1.54) is 11.1 Å². The average molecular weight is 190 g/mol. The maximum atomic E-state index is 4.54. The second kappa shape index (κ2) is 2.97. The van der Waals surface area contributed by atoms with Gasteiger partial charge in [-0.15, -0.1) is 0 Å². The molecule has 0 saturated heterocycles. The van der Waals surface area contributed by atoms with Gasteiger partial charge >= 0.3 is 0 Å². The monoisotopic (exact) mass is 190 g/mol. The summed E-state index contributed by atoms with van der Waals surface area (Å²) in [6, 6.07) is 0.750. The minimum Gasteiger partial charge on any atom is -0.382 e. The molecule has 0 aromatic rings. The van der Waals surface area contributed by atoms with E-state index in [2.05, 4.69) is 44.1 Å². The Bertz CT molecular complexity index is 329. The second-order valence-corrected chi connectivity index (χ2v) is 5.12. The van der Waals surface area contributed by atoms with E-state index in [1.54, 1.807) is 0 Å². The minimum absolute atomic E-state index is 0.188. The summed E-state index contributed by atoms with van der Waals surface area (Å²) in [4.78, 5) is 4.54. The zero-order valence-corrected chi connectivity index (χ0v) is 9.33. The first kappa shape index (κ1) is 9.50. The predicted octanol–water partition coefficient (Wildman–Crippen LogP) is 2.29. The summed E-state index contributed by atoms with van der Waals surface area (Å²) in [5.74, 6) is 0. The van der Waals surface area contributed by atoms with Crippen LogP contribution in [0.15, 0.2) is 28.4 Å². The average Bonchev–Trinajstić information content (AvgIpc) is 2.50. The van der Waals surface area contributed by atoms with Gasteiger partial charge in [-0.2, -0.15) is 0 Å². The van der Waals surface area contributed by atoms with Gasteiger partial charge in [0.15, 0.2) is 0 Å². The molecule has 2 heterocycles. The summed E-state index contributed by atoms with van der Waals surface area (Å²) in [6.07, 6.45) is 6.28. The van der Waals surface area contributed by atoms with Crippen molar-refractivity contribution in [1.29, 1.82) is 0 Å². The molecule has 0 aromatic heterocycles. The molecule has 2 nitrogen and oxygen atoms in total. The van der Waals surface area contributed by atoms with Crippen molar-refractivity contribution < 1.29 is 0 Å². The van der Waals surface area contributed by atoms with Gasteiger partial charge in [-0.1, -0.05) is 20.8 Å². The molecule has 0 fully saturated rings. The van der Waals surface area contributed by atoms with Crippen LogP contribution in [0.3, 0.4) is 0 Å². The molecule has 2 aliphatic rings. The Labute approximate surface area is 85.8 Å². The van der Waals surface area contributed by atoms with E-state index in [0.29, 0.717) is 12.1 Å². The number of hydrogen-bond donors (Lipinski definition) is 1. The third kappa shape index (κ3) is 1.39. The number of dihydropyridines is 1. The molecule has 0 aliphatic carbocycles. The number of allylic oxidation sites excluding steroid dienone is 1. The lowest BCUT2D eigenvalue weighted by atomic mass is 9.80. The zero-order chi connectivity index (χ0) is 10.3. The van der Waals surface area contributed by atoms with Crippen molar-refractivity contribution in [3.8, 4) is 0 Å². The lowest BCUT2D eigenvalue weighted by Gasteiger charge is -2.30. The summed E-state index contributed by atoms with van der Waals surface area (Å²) in [6.45, 7) is 8.86. The van der Waals surface area contributed by atoms with Crippen LogP contribution in [-0.4, -0.2) is 18.3 Å². The highest BCUT2D eigenvalue weighted by molar-refractivity contribution is 5.84. The van der Waals surface area contributed by atoms with Crippen molar-refractivity contribution in [2.24, 2.45) is 10.4 Å². The normalized spacial score (nSPS) is 30.6. The standard InChI is InChI=1S/C12H18N2/c1-8-11-9(5-6-13-11)10(7-14-8)12(2,3)4/h5-8,11,13H,1-4H3. The van der Waals surface area contributed by atoms with Crippen molar-refractivity contribution in [1.82, 2.24) is 5.32 Å². The van der Waals surface area contributed by atoms with Gasteiger partial charge in [0, 0.05) is 6.21 Å². The molecule has 0 amide bonds. The van der Waals surface area contributed by atoms with E-state index in [4.69, 9.17) is 0 Å². The highest BCUT2D eigenvalue weighted by atomic mass is 15.0. The Morgan fingerprint density at radius 1 is 1.36 bits per heavy atom. The molecule has 1 N–H and O–H groups in total. The van der Waals surface area contributed by atoms with Gasteiger partial charge in [0.25, 0.3) is 0 Å². The summed E-state index contributed by atoms with van der Waals surface area (Å²) < 4.78 is 0. The van der Waals surface area contributed by atoms with Gasteiger partial charge in [-0.3, -0.25) is 4.99 Å². The van der Waals surface area contributed by atoms with Crippen LogP contribution < -0.4 is 5.32 Å². The smallest absolute Gasteiger partial charge is 0.0733 e. The number of hydrogen-bond acceptors (Lipinski definition) is 2. The largest absolute Gasteiger partial charge is 0.382 e. The lowest BCUT2D eigenvalue weighted by Crippen LogP contribution is -2.36.